The molecule has 0 spiro atoms. The minimum atomic E-state index is -1.52. The van der Waals surface area contributed by atoms with Gasteiger partial charge in [0.15, 0.2) is 11.6 Å². The van der Waals surface area contributed by atoms with Crippen LogP contribution < -0.4 is 0 Å². The minimum Gasteiger partial charge on any atom is -0.481 e. The molecule has 0 bridgehead atoms. The summed E-state index contributed by atoms with van der Waals surface area (Å²) in [4.78, 5) is 13.5. The summed E-state index contributed by atoms with van der Waals surface area (Å²) in [6, 6.07) is 7.48. The van der Waals surface area contributed by atoms with Gasteiger partial charge in [-0.1, -0.05) is 30.3 Å². The Morgan fingerprint density at radius 2 is 1.74 bits per heavy atom. The van der Waals surface area contributed by atoms with Crippen LogP contribution in [0.15, 0.2) is 30.3 Å². The average Bonchev–Trinajstić information content (AvgIpc) is 2.37. The van der Waals surface area contributed by atoms with E-state index in [1.54, 1.807) is 6.07 Å². The van der Waals surface area contributed by atoms with Crippen LogP contribution in [0.5, 0.6) is 0 Å². The molecule has 0 fully saturated rings. The molecule has 0 amide bonds. The van der Waals surface area contributed by atoms with Crippen molar-refractivity contribution in [3.8, 4) is 11.1 Å². The van der Waals surface area contributed by atoms with Gasteiger partial charge in [-0.3, -0.25) is 4.79 Å². The lowest BCUT2D eigenvalue weighted by atomic mass is 10.0. The van der Waals surface area contributed by atoms with Crippen LogP contribution in [-0.4, -0.2) is 16.1 Å². The molecule has 0 aliphatic rings. The van der Waals surface area contributed by atoms with Gasteiger partial charge in [-0.15, -0.1) is 0 Å². The number of benzene rings is 1. The summed E-state index contributed by atoms with van der Waals surface area (Å²) >= 11 is 0. The Hall–Kier alpha value is -2.37. The zero-order chi connectivity index (χ0) is 14.0. The second kappa shape index (κ2) is 5.09. The van der Waals surface area contributed by atoms with Gasteiger partial charge in [0.1, 0.15) is 0 Å². The number of hydrogen-bond acceptors (Lipinski definition) is 2. The summed E-state index contributed by atoms with van der Waals surface area (Å²) in [6.45, 7) is 0. The molecule has 1 aromatic carbocycles. The maximum Gasteiger partial charge on any atom is 0.309 e. The van der Waals surface area contributed by atoms with Gasteiger partial charge in [-0.05, 0) is 5.56 Å². The summed E-state index contributed by atoms with van der Waals surface area (Å²) < 4.78 is 41.0. The van der Waals surface area contributed by atoms with Gasteiger partial charge >= 0.3 is 5.97 Å². The standard InChI is InChI=1S/C13H8F3NO2/c14-11-8(6-9(18)19)17-13(16)12(15)10(11)7-4-2-1-3-5-7/h1-5H,6H2,(H,18,19). The fourth-order valence-corrected chi connectivity index (χ4v) is 1.68. The Morgan fingerprint density at radius 3 is 2.32 bits per heavy atom. The van der Waals surface area contributed by atoms with Crippen LogP contribution in [-0.2, 0) is 11.2 Å². The van der Waals surface area contributed by atoms with Crippen molar-refractivity contribution < 1.29 is 23.1 Å². The van der Waals surface area contributed by atoms with Crippen molar-refractivity contribution in [1.29, 1.82) is 0 Å². The van der Waals surface area contributed by atoms with Crippen LogP contribution in [0.3, 0.4) is 0 Å². The van der Waals surface area contributed by atoms with E-state index in [0.717, 1.165) is 0 Å². The number of aliphatic carboxylic acids is 1. The third-order valence-electron chi connectivity index (χ3n) is 2.49. The van der Waals surface area contributed by atoms with E-state index in [9.17, 15) is 18.0 Å². The SMILES string of the molecule is O=C(O)Cc1nc(F)c(F)c(-c2ccccc2)c1F. The highest BCUT2D eigenvalue weighted by Gasteiger charge is 2.22. The van der Waals surface area contributed by atoms with Gasteiger partial charge in [0.05, 0.1) is 17.7 Å². The van der Waals surface area contributed by atoms with Crippen molar-refractivity contribution in [1.82, 2.24) is 4.98 Å². The number of carboxylic acid groups (broad SMARTS) is 1. The van der Waals surface area contributed by atoms with Crippen LogP contribution in [0.4, 0.5) is 13.2 Å². The van der Waals surface area contributed by atoms with Crippen LogP contribution >= 0.6 is 0 Å². The Morgan fingerprint density at radius 1 is 1.11 bits per heavy atom. The molecule has 0 aliphatic carbocycles. The summed E-state index contributed by atoms with van der Waals surface area (Å²) in [5, 5.41) is 8.59. The number of carboxylic acids is 1. The van der Waals surface area contributed by atoms with Crippen molar-refractivity contribution in [3.05, 3.63) is 53.6 Å². The number of nitrogens with zero attached hydrogens (tertiary/aromatic N) is 1. The van der Waals surface area contributed by atoms with Crippen molar-refractivity contribution >= 4 is 5.97 Å². The first-order valence-corrected chi connectivity index (χ1v) is 5.31. The highest BCUT2D eigenvalue weighted by Crippen LogP contribution is 2.28. The van der Waals surface area contributed by atoms with Gasteiger partial charge < -0.3 is 5.11 Å². The van der Waals surface area contributed by atoms with Crippen LogP contribution in [0, 0.1) is 17.6 Å². The first-order valence-electron chi connectivity index (χ1n) is 5.31. The number of carbonyl (C=O) groups is 1. The van der Waals surface area contributed by atoms with Crippen molar-refractivity contribution in [2.45, 2.75) is 6.42 Å². The molecule has 0 atom stereocenters. The molecule has 1 N–H and O–H groups in total. The quantitative estimate of drug-likeness (QED) is 0.870. The molecule has 1 aromatic heterocycles. The number of pyridine rings is 1. The van der Waals surface area contributed by atoms with Crippen LogP contribution in [0.25, 0.3) is 11.1 Å². The lowest BCUT2D eigenvalue weighted by Gasteiger charge is -2.08. The van der Waals surface area contributed by atoms with E-state index in [1.807, 2.05) is 0 Å². The Balaban J connectivity index is 2.66. The highest BCUT2D eigenvalue weighted by atomic mass is 19.2. The molecule has 1 heterocycles. The van der Waals surface area contributed by atoms with Gasteiger partial charge in [-0.2, -0.15) is 4.39 Å². The van der Waals surface area contributed by atoms with E-state index >= 15 is 0 Å². The predicted octanol–water partition coefficient (Wildman–Crippen LogP) is 2.79. The first kappa shape index (κ1) is 13.1. The van der Waals surface area contributed by atoms with E-state index in [2.05, 4.69) is 4.98 Å². The Kier molecular flexibility index (Phi) is 3.50. The fraction of sp³-hybridized carbons (Fsp3) is 0.0769. The zero-order valence-electron chi connectivity index (χ0n) is 9.53. The van der Waals surface area contributed by atoms with Crippen molar-refractivity contribution in [3.63, 3.8) is 0 Å². The molecule has 0 saturated carbocycles. The predicted molar refractivity (Wildman–Crippen MR) is 60.9 cm³/mol. The average molecular weight is 267 g/mol. The lowest BCUT2D eigenvalue weighted by molar-refractivity contribution is -0.136. The number of rotatable bonds is 3. The van der Waals surface area contributed by atoms with E-state index in [-0.39, 0.29) is 5.56 Å². The summed E-state index contributed by atoms with van der Waals surface area (Å²) in [7, 11) is 0. The molecule has 2 aromatic rings. The molecule has 98 valence electrons. The molecule has 2 rings (SSSR count). The second-order valence-corrected chi connectivity index (χ2v) is 3.79. The fourth-order valence-electron chi connectivity index (χ4n) is 1.68. The molecular formula is C13H8F3NO2. The number of hydrogen-bond donors (Lipinski definition) is 1. The van der Waals surface area contributed by atoms with Crippen LogP contribution in [0.2, 0.25) is 0 Å². The Bertz CT molecular complexity index is 630. The third-order valence-corrected chi connectivity index (χ3v) is 2.49. The molecule has 6 heteroatoms. The van der Waals surface area contributed by atoms with Gasteiger partial charge in [0.25, 0.3) is 0 Å². The lowest BCUT2D eigenvalue weighted by Crippen LogP contribution is -2.10. The summed E-state index contributed by atoms with van der Waals surface area (Å²) in [6.07, 6.45) is -0.817. The highest BCUT2D eigenvalue weighted by molar-refractivity contribution is 5.71. The second-order valence-electron chi connectivity index (χ2n) is 3.79. The monoisotopic (exact) mass is 267 g/mol. The number of aromatic nitrogens is 1. The van der Waals surface area contributed by atoms with E-state index in [4.69, 9.17) is 5.11 Å². The van der Waals surface area contributed by atoms with Crippen molar-refractivity contribution in [2.75, 3.05) is 0 Å². The van der Waals surface area contributed by atoms with Crippen molar-refractivity contribution in [2.24, 2.45) is 0 Å². The molecule has 0 radical (unpaired) electrons. The van der Waals surface area contributed by atoms with Gasteiger partial charge in [-0.25, -0.2) is 13.8 Å². The normalized spacial score (nSPS) is 10.5. The molecule has 3 nitrogen and oxygen atoms in total. The maximum atomic E-state index is 14.0. The summed E-state index contributed by atoms with van der Waals surface area (Å²) in [5.41, 5.74) is -1.12. The largest absolute Gasteiger partial charge is 0.481 e. The molecule has 0 aliphatic heterocycles. The van der Waals surface area contributed by atoms with E-state index in [0.29, 0.717) is 0 Å². The third kappa shape index (κ3) is 2.57. The van der Waals surface area contributed by atoms with Gasteiger partial charge in [0.2, 0.25) is 5.95 Å². The topological polar surface area (TPSA) is 50.2 Å². The first-order chi connectivity index (χ1) is 9.00. The number of halogens is 3. The Labute approximate surface area is 106 Å². The van der Waals surface area contributed by atoms with Crippen LogP contribution in [0.1, 0.15) is 5.69 Å². The molecule has 19 heavy (non-hydrogen) atoms. The molecule has 0 unspecified atom stereocenters. The minimum absolute atomic E-state index is 0.116. The summed E-state index contributed by atoms with van der Waals surface area (Å²) in [5.74, 6) is -5.49. The molecular weight excluding hydrogens is 259 g/mol. The molecule has 0 saturated heterocycles. The maximum absolute atomic E-state index is 14.0. The zero-order valence-corrected chi connectivity index (χ0v) is 9.53. The smallest absolute Gasteiger partial charge is 0.309 e. The van der Waals surface area contributed by atoms with E-state index < -0.39 is 41.2 Å². The van der Waals surface area contributed by atoms with E-state index in [1.165, 1.54) is 24.3 Å². The van der Waals surface area contributed by atoms with Gasteiger partial charge in [0, 0.05) is 0 Å².